The summed E-state index contributed by atoms with van der Waals surface area (Å²) in [6.07, 6.45) is 4.51. The van der Waals surface area contributed by atoms with E-state index in [9.17, 15) is 18.0 Å². The van der Waals surface area contributed by atoms with Crippen LogP contribution in [0.15, 0.2) is 30.3 Å². The highest BCUT2D eigenvalue weighted by molar-refractivity contribution is 7.88. The average molecular weight is 613 g/mol. The van der Waals surface area contributed by atoms with Gasteiger partial charge in [0.05, 0.1) is 6.26 Å². The van der Waals surface area contributed by atoms with Crippen LogP contribution < -0.4 is 4.90 Å². The Hall–Kier alpha value is -2.89. The van der Waals surface area contributed by atoms with Crippen molar-refractivity contribution >= 4 is 27.5 Å². The van der Waals surface area contributed by atoms with Crippen LogP contribution in [-0.4, -0.2) is 96.4 Å². The number of rotatable bonds is 7. The number of nitrogens with zero attached hydrogens (tertiary/aromatic N) is 6. The number of fused-ring (bicyclic) bond motifs is 1. The van der Waals surface area contributed by atoms with Crippen molar-refractivity contribution in [2.24, 2.45) is 5.92 Å². The van der Waals surface area contributed by atoms with Gasteiger partial charge in [0, 0.05) is 82.2 Å². The van der Waals surface area contributed by atoms with Gasteiger partial charge in [-0.2, -0.15) is 0 Å². The first kappa shape index (κ1) is 33.0. The number of anilines is 1. The van der Waals surface area contributed by atoms with Gasteiger partial charge in [-0.15, -0.1) is 0 Å². The van der Waals surface area contributed by atoms with Crippen LogP contribution in [0.4, 0.5) is 5.69 Å². The van der Waals surface area contributed by atoms with Crippen molar-refractivity contribution in [1.29, 1.82) is 0 Å². The molecule has 0 N–H and O–H groups in total. The zero-order valence-electron chi connectivity index (χ0n) is 26.5. The second kappa shape index (κ2) is 14.7. The lowest BCUT2D eigenvalue weighted by Crippen LogP contribution is -2.40. The Morgan fingerprint density at radius 3 is 2.51 bits per heavy atom. The monoisotopic (exact) mass is 612 g/mol. The number of amides is 2. The smallest absolute Gasteiger partial charge is 0.223 e. The summed E-state index contributed by atoms with van der Waals surface area (Å²) < 4.78 is 25.8. The fourth-order valence-corrected chi connectivity index (χ4v) is 7.11. The standard InChI is InChI=1S/C32H48N6O4S/c1-24(2)21-35-15-9-17-38(26(4)39)30-12-7-6-10-27(30)22-36(19-18-35)31(40)14-13-29-20-25(3)33-32(34-29)28-11-8-16-37(23-28)43(5,41)42/h6-7,10,12,20,24,28H,8-9,11,13-19,21-23H2,1-5H3. The first-order valence-corrected chi connectivity index (χ1v) is 17.4. The highest BCUT2D eigenvalue weighted by Crippen LogP contribution is 2.27. The van der Waals surface area contributed by atoms with E-state index in [1.165, 1.54) is 10.6 Å². The van der Waals surface area contributed by atoms with Gasteiger partial charge in [-0.1, -0.05) is 32.0 Å². The fourth-order valence-electron chi connectivity index (χ4n) is 6.19. The molecule has 0 radical (unpaired) electrons. The molecule has 0 saturated carbocycles. The van der Waals surface area contributed by atoms with Gasteiger partial charge in [0.2, 0.25) is 21.8 Å². The van der Waals surface area contributed by atoms with Crippen LogP contribution in [0, 0.1) is 12.8 Å². The van der Waals surface area contributed by atoms with E-state index >= 15 is 0 Å². The van der Waals surface area contributed by atoms with Crippen molar-refractivity contribution in [2.75, 3.05) is 57.0 Å². The Morgan fingerprint density at radius 1 is 1.02 bits per heavy atom. The van der Waals surface area contributed by atoms with E-state index in [-0.39, 0.29) is 17.7 Å². The van der Waals surface area contributed by atoms with Gasteiger partial charge in [0.1, 0.15) is 5.82 Å². The van der Waals surface area contributed by atoms with Crippen molar-refractivity contribution in [3.63, 3.8) is 0 Å². The molecule has 4 rings (SSSR count). The lowest BCUT2D eigenvalue weighted by molar-refractivity contribution is -0.132. The van der Waals surface area contributed by atoms with Crippen molar-refractivity contribution in [3.8, 4) is 0 Å². The number of carbonyl (C=O) groups excluding carboxylic acids is 2. The molecule has 1 saturated heterocycles. The minimum absolute atomic E-state index is 0.00698. The lowest BCUT2D eigenvalue weighted by Gasteiger charge is -2.30. The second-order valence-electron chi connectivity index (χ2n) is 12.5. The predicted octanol–water partition coefficient (Wildman–Crippen LogP) is 3.60. The van der Waals surface area contributed by atoms with Crippen LogP contribution in [0.1, 0.15) is 75.1 Å². The Kier molecular flexibility index (Phi) is 11.3. The van der Waals surface area contributed by atoms with Crippen LogP contribution in [0.5, 0.6) is 0 Å². The summed E-state index contributed by atoms with van der Waals surface area (Å²) in [5.41, 5.74) is 3.46. The van der Waals surface area contributed by atoms with Gasteiger partial charge in [-0.3, -0.25) is 9.59 Å². The molecule has 2 aliphatic rings. The first-order valence-electron chi connectivity index (χ1n) is 15.6. The number of carbonyl (C=O) groups is 2. The first-order chi connectivity index (χ1) is 20.4. The van der Waals surface area contributed by atoms with Crippen LogP contribution in [0.3, 0.4) is 0 Å². The molecule has 3 heterocycles. The SMILES string of the molecule is CC(=O)N1CCCN(CC(C)C)CCN(C(=O)CCc2cc(C)nc(C3CCCN(S(C)(=O)=O)C3)n2)Cc2ccccc21. The van der Waals surface area contributed by atoms with E-state index in [1.807, 2.05) is 47.1 Å². The highest BCUT2D eigenvalue weighted by atomic mass is 32.2. The molecule has 2 aromatic rings. The molecule has 1 aromatic heterocycles. The average Bonchev–Trinajstić information content (AvgIpc) is 2.98. The second-order valence-corrected chi connectivity index (χ2v) is 14.5. The fraction of sp³-hybridized carbons (Fsp3) is 0.625. The van der Waals surface area contributed by atoms with Gasteiger partial charge in [0.15, 0.2) is 0 Å². The molecule has 43 heavy (non-hydrogen) atoms. The van der Waals surface area contributed by atoms with E-state index in [2.05, 4.69) is 23.7 Å². The predicted molar refractivity (Wildman–Crippen MR) is 169 cm³/mol. The molecule has 1 unspecified atom stereocenters. The largest absolute Gasteiger partial charge is 0.337 e. The summed E-state index contributed by atoms with van der Waals surface area (Å²) >= 11 is 0. The molecule has 10 nitrogen and oxygen atoms in total. The lowest BCUT2D eigenvalue weighted by atomic mass is 9.98. The molecule has 1 fully saturated rings. The molecule has 0 spiro atoms. The molecule has 11 heteroatoms. The molecule has 0 aliphatic carbocycles. The summed E-state index contributed by atoms with van der Waals surface area (Å²) in [4.78, 5) is 42.1. The van der Waals surface area contributed by atoms with Crippen molar-refractivity contribution in [3.05, 3.63) is 53.1 Å². The van der Waals surface area contributed by atoms with Crippen LogP contribution in [0.2, 0.25) is 0 Å². The maximum Gasteiger partial charge on any atom is 0.223 e. The van der Waals surface area contributed by atoms with E-state index in [0.29, 0.717) is 57.3 Å². The normalized spacial score (nSPS) is 19.6. The van der Waals surface area contributed by atoms with E-state index in [4.69, 9.17) is 4.98 Å². The molecule has 1 aromatic carbocycles. The number of benzene rings is 1. The molecule has 1 atom stereocenters. The topological polar surface area (TPSA) is 107 Å². The van der Waals surface area contributed by atoms with Crippen molar-refractivity contribution in [1.82, 2.24) is 24.1 Å². The van der Waals surface area contributed by atoms with Gasteiger partial charge in [-0.05, 0) is 62.8 Å². The summed E-state index contributed by atoms with van der Waals surface area (Å²) in [6.45, 7) is 13.1. The van der Waals surface area contributed by atoms with Crippen LogP contribution in [0.25, 0.3) is 0 Å². The maximum atomic E-state index is 13.8. The summed E-state index contributed by atoms with van der Waals surface area (Å²) in [7, 11) is -3.27. The Morgan fingerprint density at radius 2 is 1.79 bits per heavy atom. The van der Waals surface area contributed by atoms with E-state index < -0.39 is 10.0 Å². The third kappa shape index (κ3) is 9.30. The van der Waals surface area contributed by atoms with Gasteiger partial charge >= 0.3 is 0 Å². The number of piperidine rings is 1. The van der Waals surface area contributed by atoms with Crippen molar-refractivity contribution in [2.45, 2.75) is 72.3 Å². The third-order valence-electron chi connectivity index (χ3n) is 8.28. The Labute approximate surface area is 257 Å². The number of aryl methyl sites for hydroxylation is 2. The molecule has 0 bridgehead atoms. The summed E-state index contributed by atoms with van der Waals surface area (Å²) in [6, 6.07) is 9.82. The zero-order chi connectivity index (χ0) is 31.1. The molecular formula is C32H48N6O4S. The van der Waals surface area contributed by atoms with E-state index in [1.54, 1.807) is 6.92 Å². The van der Waals surface area contributed by atoms with Gasteiger partial charge in [0.25, 0.3) is 0 Å². The summed E-state index contributed by atoms with van der Waals surface area (Å²) in [5, 5.41) is 0. The summed E-state index contributed by atoms with van der Waals surface area (Å²) in [5.74, 6) is 1.16. The quantitative estimate of drug-likeness (QED) is 0.470. The maximum absolute atomic E-state index is 13.8. The third-order valence-corrected chi connectivity index (χ3v) is 9.55. The van der Waals surface area contributed by atoms with Gasteiger partial charge < -0.3 is 14.7 Å². The number of hydrogen-bond acceptors (Lipinski definition) is 7. The number of aromatic nitrogens is 2. The Balaban J connectivity index is 1.52. The molecule has 236 valence electrons. The van der Waals surface area contributed by atoms with E-state index in [0.717, 1.165) is 61.5 Å². The zero-order valence-corrected chi connectivity index (χ0v) is 27.3. The molecule has 2 amide bonds. The van der Waals surface area contributed by atoms with Crippen molar-refractivity contribution < 1.29 is 18.0 Å². The number of sulfonamides is 1. The molecular weight excluding hydrogens is 564 g/mol. The molecule has 2 aliphatic heterocycles. The minimum Gasteiger partial charge on any atom is -0.337 e. The highest BCUT2D eigenvalue weighted by Gasteiger charge is 2.29. The number of hydrogen-bond donors (Lipinski definition) is 0. The Bertz CT molecular complexity index is 1380. The van der Waals surface area contributed by atoms with Gasteiger partial charge in [-0.25, -0.2) is 22.7 Å². The van der Waals surface area contributed by atoms with Crippen LogP contribution in [-0.2, 0) is 32.6 Å². The van der Waals surface area contributed by atoms with Crippen LogP contribution >= 0.6 is 0 Å². The number of para-hydroxylation sites is 1. The minimum atomic E-state index is -3.27.